The van der Waals surface area contributed by atoms with Gasteiger partial charge in [0.15, 0.2) is 0 Å². The number of carbonyl (C=O) groups is 1. The molecule has 1 atom stereocenters. The van der Waals surface area contributed by atoms with Crippen LogP contribution in [0.25, 0.3) is 0 Å². The zero-order valence-corrected chi connectivity index (χ0v) is 15.0. The van der Waals surface area contributed by atoms with Gasteiger partial charge in [-0.15, -0.1) is 0 Å². The van der Waals surface area contributed by atoms with E-state index in [-0.39, 0.29) is 18.5 Å². The van der Waals surface area contributed by atoms with Crippen LogP contribution in [-0.4, -0.2) is 40.2 Å². The largest absolute Gasteiger partial charge is 0.353 e. The highest BCUT2D eigenvalue weighted by Crippen LogP contribution is 2.23. The SMILES string of the molecule is Cc1ccn(CC(=O)NCC(c2ccccc2)N2CCCCCC2)n1. The normalized spacial score (nSPS) is 17.0. The molecule has 25 heavy (non-hydrogen) atoms. The molecule has 0 radical (unpaired) electrons. The van der Waals surface area contributed by atoms with Crippen LogP contribution in [0, 0.1) is 6.92 Å². The Balaban J connectivity index is 1.63. The predicted octanol–water partition coefficient (Wildman–Crippen LogP) is 2.93. The molecule has 1 saturated heterocycles. The average molecular weight is 340 g/mol. The van der Waals surface area contributed by atoms with Crippen LogP contribution in [0.5, 0.6) is 0 Å². The average Bonchev–Trinajstić information content (AvgIpc) is 2.86. The number of aryl methyl sites for hydroxylation is 1. The minimum absolute atomic E-state index is 0.0128. The lowest BCUT2D eigenvalue weighted by atomic mass is 10.0. The van der Waals surface area contributed by atoms with E-state index in [1.807, 2.05) is 25.3 Å². The lowest BCUT2D eigenvalue weighted by Crippen LogP contribution is -2.39. The van der Waals surface area contributed by atoms with Gasteiger partial charge in [-0.25, -0.2) is 0 Å². The minimum Gasteiger partial charge on any atom is -0.353 e. The van der Waals surface area contributed by atoms with Crippen molar-refractivity contribution < 1.29 is 4.79 Å². The molecule has 1 fully saturated rings. The molecule has 0 saturated carbocycles. The Labute approximate surface area is 150 Å². The smallest absolute Gasteiger partial charge is 0.241 e. The second kappa shape index (κ2) is 8.81. The molecule has 0 bridgehead atoms. The van der Waals surface area contributed by atoms with E-state index < -0.39 is 0 Å². The van der Waals surface area contributed by atoms with E-state index in [9.17, 15) is 4.79 Å². The number of nitrogens with one attached hydrogen (secondary N) is 1. The van der Waals surface area contributed by atoms with E-state index in [1.165, 1.54) is 31.2 Å². The Morgan fingerprint density at radius 3 is 2.48 bits per heavy atom. The molecule has 134 valence electrons. The van der Waals surface area contributed by atoms with Gasteiger partial charge in [0.2, 0.25) is 5.91 Å². The Kier molecular flexibility index (Phi) is 6.23. The maximum Gasteiger partial charge on any atom is 0.241 e. The number of benzene rings is 1. The van der Waals surface area contributed by atoms with Crippen molar-refractivity contribution in [3.05, 3.63) is 53.9 Å². The van der Waals surface area contributed by atoms with E-state index in [4.69, 9.17) is 0 Å². The van der Waals surface area contributed by atoms with Gasteiger partial charge in [-0.05, 0) is 44.5 Å². The number of amides is 1. The summed E-state index contributed by atoms with van der Waals surface area (Å²) in [5.74, 6) is 0.0128. The molecular weight excluding hydrogens is 312 g/mol. The van der Waals surface area contributed by atoms with Crippen LogP contribution in [-0.2, 0) is 11.3 Å². The summed E-state index contributed by atoms with van der Waals surface area (Å²) in [7, 11) is 0. The van der Waals surface area contributed by atoms with Crippen LogP contribution in [0.2, 0.25) is 0 Å². The first-order valence-corrected chi connectivity index (χ1v) is 9.28. The first-order valence-electron chi connectivity index (χ1n) is 9.28. The molecule has 0 spiro atoms. The lowest BCUT2D eigenvalue weighted by Gasteiger charge is -2.31. The van der Waals surface area contributed by atoms with Crippen LogP contribution in [0.3, 0.4) is 0 Å². The summed E-state index contributed by atoms with van der Waals surface area (Å²) in [4.78, 5) is 14.8. The van der Waals surface area contributed by atoms with Crippen molar-refractivity contribution in [3.8, 4) is 0 Å². The number of carbonyl (C=O) groups excluding carboxylic acids is 1. The number of likely N-dealkylation sites (tertiary alicyclic amines) is 1. The molecule has 1 N–H and O–H groups in total. The molecule has 1 amide bonds. The molecule has 5 nitrogen and oxygen atoms in total. The highest BCUT2D eigenvalue weighted by molar-refractivity contribution is 5.75. The summed E-state index contributed by atoms with van der Waals surface area (Å²) in [5.41, 5.74) is 2.21. The maximum atomic E-state index is 12.3. The fraction of sp³-hybridized carbons (Fsp3) is 0.500. The molecule has 3 rings (SSSR count). The summed E-state index contributed by atoms with van der Waals surface area (Å²) in [6.07, 6.45) is 6.94. The van der Waals surface area contributed by atoms with Gasteiger partial charge in [0.05, 0.1) is 11.7 Å². The second-order valence-corrected chi connectivity index (χ2v) is 6.84. The van der Waals surface area contributed by atoms with E-state index >= 15 is 0 Å². The summed E-state index contributed by atoms with van der Waals surface area (Å²) < 4.78 is 1.69. The molecular formula is C20H28N4O. The van der Waals surface area contributed by atoms with Gasteiger partial charge >= 0.3 is 0 Å². The van der Waals surface area contributed by atoms with Gasteiger partial charge in [-0.2, -0.15) is 5.10 Å². The minimum atomic E-state index is 0.0128. The number of hydrogen-bond donors (Lipinski definition) is 1. The van der Waals surface area contributed by atoms with Crippen molar-refractivity contribution >= 4 is 5.91 Å². The summed E-state index contributed by atoms with van der Waals surface area (Å²) in [6, 6.07) is 12.7. The Morgan fingerprint density at radius 1 is 1.12 bits per heavy atom. The van der Waals surface area contributed by atoms with Crippen LogP contribution in [0.1, 0.15) is 43.0 Å². The zero-order valence-electron chi connectivity index (χ0n) is 15.0. The quantitative estimate of drug-likeness (QED) is 0.880. The van der Waals surface area contributed by atoms with Crippen LogP contribution in [0.4, 0.5) is 0 Å². The van der Waals surface area contributed by atoms with Crippen molar-refractivity contribution in [2.45, 2.75) is 45.2 Å². The van der Waals surface area contributed by atoms with Gasteiger partial charge in [-0.3, -0.25) is 14.4 Å². The number of hydrogen-bond acceptors (Lipinski definition) is 3. The fourth-order valence-electron chi connectivity index (χ4n) is 3.50. The Morgan fingerprint density at radius 2 is 1.84 bits per heavy atom. The van der Waals surface area contributed by atoms with Gasteiger partial charge in [-0.1, -0.05) is 43.2 Å². The standard InChI is InChI=1S/C20H28N4O/c1-17-11-14-24(22-17)16-20(25)21-15-19(18-9-5-4-6-10-18)23-12-7-2-3-8-13-23/h4-6,9-11,14,19H,2-3,7-8,12-13,15-16H2,1H3,(H,21,25). The van der Waals surface area contributed by atoms with Gasteiger partial charge in [0, 0.05) is 12.7 Å². The van der Waals surface area contributed by atoms with Crippen molar-refractivity contribution in [3.63, 3.8) is 0 Å². The summed E-state index contributed by atoms with van der Waals surface area (Å²) in [5, 5.41) is 7.40. The number of rotatable bonds is 6. The highest BCUT2D eigenvalue weighted by Gasteiger charge is 2.22. The van der Waals surface area contributed by atoms with Crippen molar-refractivity contribution in [2.24, 2.45) is 0 Å². The van der Waals surface area contributed by atoms with Crippen molar-refractivity contribution in [1.82, 2.24) is 20.0 Å². The number of aromatic nitrogens is 2. The molecule has 2 aromatic rings. The van der Waals surface area contributed by atoms with E-state index in [0.29, 0.717) is 6.54 Å². The molecule has 5 heteroatoms. The Bertz CT molecular complexity index is 659. The van der Waals surface area contributed by atoms with Crippen molar-refractivity contribution in [2.75, 3.05) is 19.6 Å². The zero-order chi connectivity index (χ0) is 17.5. The monoisotopic (exact) mass is 340 g/mol. The van der Waals surface area contributed by atoms with Crippen LogP contribution in [0.15, 0.2) is 42.6 Å². The third-order valence-corrected chi connectivity index (χ3v) is 4.84. The molecule has 1 aromatic carbocycles. The number of nitrogens with zero attached hydrogens (tertiary/aromatic N) is 3. The molecule has 1 aliphatic rings. The van der Waals surface area contributed by atoms with E-state index in [1.54, 1.807) is 4.68 Å². The third kappa shape index (κ3) is 5.16. The molecule has 1 unspecified atom stereocenters. The first-order chi connectivity index (χ1) is 12.2. The van der Waals surface area contributed by atoms with Gasteiger partial charge < -0.3 is 5.32 Å². The van der Waals surface area contributed by atoms with Crippen LogP contribution < -0.4 is 5.32 Å². The predicted molar refractivity (Wildman–Crippen MR) is 99.2 cm³/mol. The van der Waals surface area contributed by atoms with Crippen LogP contribution >= 0.6 is 0 Å². The topological polar surface area (TPSA) is 50.2 Å². The maximum absolute atomic E-state index is 12.3. The summed E-state index contributed by atoms with van der Waals surface area (Å²) in [6.45, 7) is 5.05. The Hall–Kier alpha value is -2.14. The van der Waals surface area contributed by atoms with E-state index in [0.717, 1.165) is 18.8 Å². The van der Waals surface area contributed by atoms with E-state index in [2.05, 4.69) is 39.6 Å². The highest BCUT2D eigenvalue weighted by atomic mass is 16.2. The summed E-state index contributed by atoms with van der Waals surface area (Å²) >= 11 is 0. The third-order valence-electron chi connectivity index (χ3n) is 4.84. The molecule has 2 heterocycles. The molecule has 0 aliphatic carbocycles. The second-order valence-electron chi connectivity index (χ2n) is 6.84. The molecule has 1 aromatic heterocycles. The first kappa shape index (κ1) is 17.7. The lowest BCUT2D eigenvalue weighted by molar-refractivity contribution is -0.122. The molecule has 1 aliphatic heterocycles. The van der Waals surface area contributed by atoms with Gasteiger partial charge in [0.25, 0.3) is 0 Å². The van der Waals surface area contributed by atoms with Gasteiger partial charge in [0.1, 0.15) is 6.54 Å². The van der Waals surface area contributed by atoms with Crippen molar-refractivity contribution in [1.29, 1.82) is 0 Å². The fourth-order valence-corrected chi connectivity index (χ4v) is 3.50.